The van der Waals surface area contributed by atoms with Crippen LogP contribution in [0.15, 0.2) is 239 Å². The maximum Gasteiger partial charge on any atom is 0.143 e. The molecule has 0 aliphatic carbocycles. The number of hydrogen-bond donors (Lipinski definition) is 0. The molecular formula is C60H38N2O2. The molecule has 0 bridgehead atoms. The van der Waals surface area contributed by atoms with Crippen LogP contribution < -0.4 is 4.90 Å². The minimum atomic E-state index is 0.868. The molecule has 4 heteroatoms. The third-order valence-electron chi connectivity index (χ3n) is 12.8. The number of aromatic nitrogens is 1. The van der Waals surface area contributed by atoms with Crippen LogP contribution in [0.5, 0.6) is 0 Å². The molecule has 0 saturated carbocycles. The molecular weight excluding hydrogens is 781 g/mol. The van der Waals surface area contributed by atoms with E-state index in [0.29, 0.717) is 0 Å². The van der Waals surface area contributed by atoms with Gasteiger partial charge in [0, 0.05) is 60.3 Å². The van der Waals surface area contributed by atoms with Crippen LogP contribution in [0.3, 0.4) is 0 Å². The van der Waals surface area contributed by atoms with Crippen LogP contribution in [0.25, 0.3) is 105 Å². The van der Waals surface area contributed by atoms with Crippen LogP contribution in [-0.2, 0) is 0 Å². The van der Waals surface area contributed by atoms with Crippen molar-refractivity contribution < 1.29 is 8.83 Å². The summed E-state index contributed by atoms with van der Waals surface area (Å²) >= 11 is 0. The predicted octanol–water partition coefficient (Wildman–Crippen LogP) is 17.1. The Bertz CT molecular complexity index is 3910. The molecule has 300 valence electrons. The first-order valence-corrected chi connectivity index (χ1v) is 21.8. The first kappa shape index (κ1) is 36.1. The summed E-state index contributed by atoms with van der Waals surface area (Å²) in [4.78, 5) is 2.48. The first-order chi connectivity index (χ1) is 31.8. The average Bonchev–Trinajstić information content (AvgIpc) is 4.05. The summed E-state index contributed by atoms with van der Waals surface area (Å²) in [7, 11) is 0. The quantitative estimate of drug-likeness (QED) is 0.161. The Kier molecular flexibility index (Phi) is 8.18. The summed E-state index contributed by atoms with van der Waals surface area (Å²) in [6.07, 6.45) is 0. The minimum Gasteiger partial charge on any atom is -0.455 e. The van der Waals surface area contributed by atoms with Crippen molar-refractivity contribution in [2.45, 2.75) is 0 Å². The number of nitrogens with zero attached hydrogens (tertiary/aromatic N) is 2. The van der Waals surface area contributed by atoms with Crippen molar-refractivity contribution in [3.63, 3.8) is 0 Å². The molecule has 13 rings (SSSR count). The second kappa shape index (κ2) is 14.5. The van der Waals surface area contributed by atoms with Gasteiger partial charge in [-0.25, -0.2) is 0 Å². The van der Waals surface area contributed by atoms with Crippen LogP contribution in [0.4, 0.5) is 17.1 Å². The van der Waals surface area contributed by atoms with Gasteiger partial charge in [0.05, 0.1) is 28.1 Å². The Morgan fingerprint density at radius 2 is 0.828 bits per heavy atom. The van der Waals surface area contributed by atoms with Crippen molar-refractivity contribution >= 4 is 82.7 Å². The van der Waals surface area contributed by atoms with Gasteiger partial charge >= 0.3 is 0 Å². The lowest BCUT2D eigenvalue weighted by Gasteiger charge is -2.31. The van der Waals surface area contributed by atoms with Crippen molar-refractivity contribution in [2.24, 2.45) is 0 Å². The number of rotatable bonds is 7. The molecule has 10 aromatic carbocycles. The van der Waals surface area contributed by atoms with Crippen LogP contribution in [-0.4, -0.2) is 4.57 Å². The van der Waals surface area contributed by atoms with E-state index >= 15 is 0 Å². The van der Waals surface area contributed by atoms with Gasteiger partial charge in [0.1, 0.15) is 22.3 Å². The largest absolute Gasteiger partial charge is 0.455 e. The van der Waals surface area contributed by atoms with Gasteiger partial charge in [-0.1, -0.05) is 170 Å². The van der Waals surface area contributed by atoms with Gasteiger partial charge in [0.2, 0.25) is 0 Å². The molecule has 0 aliphatic rings. The Morgan fingerprint density at radius 1 is 0.312 bits per heavy atom. The zero-order valence-electron chi connectivity index (χ0n) is 34.7. The van der Waals surface area contributed by atoms with Gasteiger partial charge in [-0.05, 0) is 71.8 Å². The normalized spacial score (nSPS) is 11.8. The monoisotopic (exact) mass is 818 g/mol. The Morgan fingerprint density at radius 3 is 1.58 bits per heavy atom. The molecule has 0 unspecified atom stereocenters. The molecule has 0 amide bonds. The van der Waals surface area contributed by atoms with Crippen LogP contribution >= 0.6 is 0 Å². The molecule has 0 radical (unpaired) electrons. The summed E-state index contributed by atoms with van der Waals surface area (Å²) in [5.41, 5.74) is 16.5. The number of para-hydroxylation sites is 7. The highest BCUT2D eigenvalue weighted by Crippen LogP contribution is 2.51. The van der Waals surface area contributed by atoms with Crippen molar-refractivity contribution in [1.82, 2.24) is 4.57 Å². The lowest BCUT2D eigenvalue weighted by Crippen LogP contribution is -2.13. The third kappa shape index (κ3) is 5.56. The van der Waals surface area contributed by atoms with Crippen LogP contribution in [0, 0.1) is 0 Å². The molecule has 64 heavy (non-hydrogen) atoms. The SMILES string of the molecule is c1ccc(-c2cc(-c3cccc4c3oc3ccccc34)ccc2N(c2ccccc2-c2cccc3c2oc2ccccc23)c2cccc3c2c2ccccc2n3-c2ccccc2)cc1. The van der Waals surface area contributed by atoms with E-state index in [0.717, 1.165) is 116 Å². The van der Waals surface area contributed by atoms with Gasteiger partial charge in [-0.2, -0.15) is 0 Å². The molecule has 3 heterocycles. The summed E-state index contributed by atoms with van der Waals surface area (Å²) in [6, 6.07) is 82.2. The van der Waals surface area contributed by atoms with Crippen molar-refractivity contribution in [3.05, 3.63) is 231 Å². The zero-order chi connectivity index (χ0) is 42.1. The lowest BCUT2D eigenvalue weighted by atomic mass is 9.94. The van der Waals surface area contributed by atoms with Crippen LogP contribution in [0.2, 0.25) is 0 Å². The second-order valence-electron chi connectivity index (χ2n) is 16.4. The van der Waals surface area contributed by atoms with E-state index in [-0.39, 0.29) is 0 Å². The highest BCUT2D eigenvalue weighted by atomic mass is 16.3. The maximum atomic E-state index is 6.75. The topological polar surface area (TPSA) is 34.5 Å². The van der Waals surface area contributed by atoms with Gasteiger partial charge in [-0.3, -0.25) is 0 Å². The maximum absolute atomic E-state index is 6.75. The fourth-order valence-electron chi connectivity index (χ4n) is 10.0. The van der Waals surface area contributed by atoms with Crippen LogP contribution in [0.1, 0.15) is 0 Å². The van der Waals surface area contributed by atoms with E-state index in [1.54, 1.807) is 0 Å². The van der Waals surface area contributed by atoms with Gasteiger partial charge in [-0.15, -0.1) is 0 Å². The summed E-state index contributed by atoms with van der Waals surface area (Å²) < 4.78 is 15.8. The number of fused-ring (bicyclic) bond motifs is 9. The highest BCUT2D eigenvalue weighted by molar-refractivity contribution is 6.18. The van der Waals surface area contributed by atoms with Crippen molar-refractivity contribution in [3.8, 4) is 39.1 Å². The second-order valence-corrected chi connectivity index (χ2v) is 16.4. The minimum absolute atomic E-state index is 0.868. The molecule has 0 saturated heterocycles. The Balaban J connectivity index is 1.13. The lowest BCUT2D eigenvalue weighted by molar-refractivity contribution is 0.669. The Hall–Kier alpha value is -8.60. The van der Waals surface area contributed by atoms with Gasteiger partial charge < -0.3 is 18.3 Å². The highest BCUT2D eigenvalue weighted by Gasteiger charge is 2.27. The molecule has 4 nitrogen and oxygen atoms in total. The standard InChI is InChI=1S/C60H38N2O2/c1-3-18-39(19-4-1)50-38-40(42-26-15-28-47-44-23-9-13-34-56(44)63-59(42)47)36-37-53(50)62(51-30-11-7-22-43(51)46-27-16-29-48-45-24-10-14-35-57(45)64-60(46)48)55-33-17-32-54-58(55)49-25-8-12-31-52(49)61(54)41-20-5-2-6-21-41/h1-38H. The molecule has 0 fully saturated rings. The van der Waals surface area contributed by atoms with Gasteiger partial charge in [0.15, 0.2) is 0 Å². The molecule has 0 atom stereocenters. The number of anilines is 3. The van der Waals surface area contributed by atoms with E-state index in [1.165, 1.54) is 5.39 Å². The summed E-state index contributed by atoms with van der Waals surface area (Å²) in [6.45, 7) is 0. The smallest absolute Gasteiger partial charge is 0.143 e. The summed E-state index contributed by atoms with van der Waals surface area (Å²) in [5.74, 6) is 0. The van der Waals surface area contributed by atoms with E-state index in [1.807, 2.05) is 18.2 Å². The van der Waals surface area contributed by atoms with E-state index in [9.17, 15) is 0 Å². The third-order valence-corrected chi connectivity index (χ3v) is 12.8. The van der Waals surface area contributed by atoms with Gasteiger partial charge in [0.25, 0.3) is 0 Å². The fourth-order valence-corrected chi connectivity index (χ4v) is 10.0. The Labute approximate surface area is 369 Å². The summed E-state index contributed by atoms with van der Waals surface area (Å²) in [5, 5.41) is 6.76. The van der Waals surface area contributed by atoms with Crippen molar-refractivity contribution in [1.29, 1.82) is 0 Å². The number of furan rings is 2. The average molecular weight is 819 g/mol. The number of benzene rings is 10. The van der Waals surface area contributed by atoms with E-state index in [2.05, 4.69) is 222 Å². The molecule has 0 aliphatic heterocycles. The molecule has 0 N–H and O–H groups in total. The van der Waals surface area contributed by atoms with Crippen molar-refractivity contribution in [2.75, 3.05) is 4.90 Å². The fraction of sp³-hybridized carbons (Fsp3) is 0. The molecule has 13 aromatic rings. The zero-order valence-corrected chi connectivity index (χ0v) is 34.7. The molecule has 0 spiro atoms. The van der Waals surface area contributed by atoms with E-state index < -0.39 is 0 Å². The first-order valence-electron chi connectivity index (χ1n) is 21.8. The number of hydrogen-bond acceptors (Lipinski definition) is 3. The predicted molar refractivity (Wildman–Crippen MR) is 266 cm³/mol. The van der Waals surface area contributed by atoms with E-state index in [4.69, 9.17) is 8.83 Å². The molecule has 3 aromatic heterocycles.